The number of furan rings is 1. The summed E-state index contributed by atoms with van der Waals surface area (Å²) < 4.78 is 5.20. The van der Waals surface area contributed by atoms with Crippen molar-refractivity contribution in [3.63, 3.8) is 0 Å². The zero-order valence-corrected chi connectivity index (χ0v) is 5.91. The quantitative estimate of drug-likeness (QED) is 0.609. The van der Waals surface area contributed by atoms with Gasteiger partial charge >= 0.3 is 0 Å². The summed E-state index contributed by atoms with van der Waals surface area (Å²) in [7, 11) is 0. The van der Waals surface area contributed by atoms with E-state index in [-0.39, 0.29) is 6.61 Å². The van der Waals surface area contributed by atoms with Gasteiger partial charge in [0.15, 0.2) is 0 Å². The van der Waals surface area contributed by atoms with Crippen molar-refractivity contribution >= 4 is 11.0 Å². The van der Waals surface area contributed by atoms with E-state index in [4.69, 9.17) is 4.42 Å². The molecule has 0 fully saturated rings. The highest BCUT2D eigenvalue weighted by Crippen LogP contribution is 2.18. The van der Waals surface area contributed by atoms with E-state index < -0.39 is 0 Å². The van der Waals surface area contributed by atoms with E-state index in [2.05, 4.69) is 0 Å². The lowest BCUT2D eigenvalue weighted by Gasteiger charge is -1.82. The molecule has 0 atom stereocenters. The molecule has 0 saturated carbocycles. The Hall–Kier alpha value is -1.28. The molecule has 0 aliphatic carbocycles. The summed E-state index contributed by atoms with van der Waals surface area (Å²) in [6, 6.07) is 9.38. The lowest BCUT2D eigenvalue weighted by molar-refractivity contribution is 0.157. The highest BCUT2D eigenvalue weighted by molar-refractivity contribution is 5.77. The van der Waals surface area contributed by atoms with Crippen LogP contribution in [0, 0.1) is 0 Å². The highest BCUT2D eigenvalue weighted by Gasteiger charge is 2.00. The van der Waals surface area contributed by atoms with Crippen molar-refractivity contribution in [1.82, 2.24) is 0 Å². The standard InChI is InChI=1S/C9H7O2/c10-6-8-5-7-3-1-2-4-9(7)11-8/h1-5H,6H2. The molecule has 0 bridgehead atoms. The topological polar surface area (TPSA) is 33.0 Å². The van der Waals surface area contributed by atoms with Gasteiger partial charge in [-0.25, -0.2) is 5.11 Å². The van der Waals surface area contributed by atoms with E-state index in [0.29, 0.717) is 5.76 Å². The third-order valence-electron chi connectivity index (χ3n) is 1.62. The van der Waals surface area contributed by atoms with Gasteiger partial charge in [-0.05, 0) is 12.1 Å². The fourth-order valence-corrected chi connectivity index (χ4v) is 1.11. The molecule has 2 nitrogen and oxygen atoms in total. The van der Waals surface area contributed by atoms with Gasteiger partial charge < -0.3 is 4.42 Å². The van der Waals surface area contributed by atoms with Gasteiger partial charge in [-0.3, -0.25) is 0 Å². The van der Waals surface area contributed by atoms with E-state index >= 15 is 0 Å². The summed E-state index contributed by atoms with van der Waals surface area (Å²) in [6.45, 7) is -0.283. The Morgan fingerprint density at radius 3 is 2.82 bits per heavy atom. The smallest absolute Gasteiger partial charge is 0.140 e. The molecule has 1 aromatic carbocycles. The first-order chi connectivity index (χ1) is 5.40. The zero-order valence-electron chi connectivity index (χ0n) is 5.91. The van der Waals surface area contributed by atoms with Gasteiger partial charge in [0.1, 0.15) is 18.0 Å². The second kappa shape index (κ2) is 2.40. The first kappa shape index (κ1) is 6.43. The fraction of sp³-hybridized carbons (Fsp3) is 0.111. The predicted molar refractivity (Wildman–Crippen MR) is 40.6 cm³/mol. The second-order valence-corrected chi connectivity index (χ2v) is 2.39. The third kappa shape index (κ3) is 1.01. The summed E-state index contributed by atoms with van der Waals surface area (Å²) in [5, 5.41) is 11.4. The molecule has 1 radical (unpaired) electrons. The van der Waals surface area contributed by atoms with Crippen molar-refractivity contribution in [2.45, 2.75) is 6.61 Å². The Morgan fingerprint density at radius 2 is 2.09 bits per heavy atom. The Kier molecular flexibility index (Phi) is 1.40. The number of hydrogen-bond donors (Lipinski definition) is 0. The Morgan fingerprint density at radius 1 is 1.27 bits per heavy atom. The SMILES string of the molecule is [O]Cc1cc2ccccc2o1. The zero-order chi connectivity index (χ0) is 7.68. The normalized spacial score (nSPS) is 10.6. The summed E-state index contributed by atoms with van der Waals surface area (Å²) in [5.74, 6) is 0.506. The number of benzene rings is 1. The van der Waals surface area contributed by atoms with Crippen LogP contribution in [0.4, 0.5) is 0 Å². The minimum atomic E-state index is -0.283. The third-order valence-corrected chi connectivity index (χ3v) is 1.62. The average molecular weight is 147 g/mol. The monoisotopic (exact) mass is 147 g/mol. The summed E-state index contributed by atoms with van der Waals surface area (Å²) in [6.07, 6.45) is 0. The van der Waals surface area contributed by atoms with Crippen molar-refractivity contribution in [3.8, 4) is 0 Å². The van der Waals surface area contributed by atoms with Crippen LogP contribution in [-0.2, 0) is 11.7 Å². The van der Waals surface area contributed by atoms with Crippen LogP contribution < -0.4 is 0 Å². The van der Waals surface area contributed by atoms with Gasteiger partial charge in [0.2, 0.25) is 0 Å². The van der Waals surface area contributed by atoms with Crippen LogP contribution in [0.5, 0.6) is 0 Å². The van der Waals surface area contributed by atoms with Gasteiger partial charge in [0.05, 0.1) is 0 Å². The van der Waals surface area contributed by atoms with E-state index in [0.717, 1.165) is 11.0 Å². The number of hydrogen-bond acceptors (Lipinski definition) is 1. The van der Waals surface area contributed by atoms with Gasteiger partial charge in [0.25, 0.3) is 0 Å². The predicted octanol–water partition coefficient (Wildman–Crippen LogP) is 2.36. The largest absolute Gasteiger partial charge is 0.458 e. The minimum Gasteiger partial charge on any atom is -0.458 e. The second-order valence-electron chi connectivity index (χ2n) is 2.39. The average Bonchev–Trinajstić information content (AvgIpc) is 2.46. The van der Waals surface area contributed by atoms with Gasteiger partial charge in [-0.15, -0.1) is 0 Å². The van der Waals surface area contributed by atoms with Crippen molar-refractivity contribution < 1.29 is 9.52 Å². The van der Waals surface area contributed by atoms with E-state index in [1.807, 2.05) is 24.3 Å². The Labute approximate surface area is 64.1 Å². The summed E-state index contributed by atoms with van der Waals surface area (Å²) in [4.78, 5) is 0. The van der Waals surface area contributed by atoms with Crippen molar-refractivity contribution in [2.24, 2.45) is 0 Å². The molecule has 55 valence electrons. The van der Waals surface area contributed by atoms with Crippen LogP contribution in [0.2, 0.25) is 0 Å². The molecule has 0 amide bonds. The lowest BCUT2D eigenvalue weighted by atomic mass is 10.2. The molecule has 1 aromatic heterocycles. The van der Waals surface area contributed by atoms with Crippen LogP contribution in [0.25, 0.3) is 11.0 Å². The number of para-hydroxylation sites is 1. The van der Waals surface area contributed by atoms with Crippen LogP contribution in [0.15, 0.2) is 34.7 Å². The van der Waals surface area contributed by atoms with Crippen LogP contribution in [0.3, 0.4) is 0 Å². The van der Waals surface area contributed by atoms with Crippen molar-refractivity contribution in [1.29, 1.82) is 0 Å². The molecule has 2 aromatic rings. The molecule has 0 unspecified atom stereocenters. The Balaban J connectivity index is 2.69. The number of rotatable bonds is 1. The summed E-state index contributed by atoms with van der Waals surface area (Å²) >= 11 is 0. The Bertz CT molecular complexity index is 329. The maximum Gasteiger partial charge on any atom is 0.140 e. The molecule has 0 spiro atoms. The van der Waals surface area contributed by atoms with Gasteiger partial charge in [0, 0.05) is 5.39 Å². The highest BCUT2D eigenvalue weighted by atomic mass is 16.4. The van der Waals surface area contributed by atoms with Crippen molar-refractivity contribution in [3.05, 3.63) is 36.1 Å². The molecule has 0 saturated heterocycles. The maximum atomic E-state index is 10.4. The van der Waals surface area contributed by atoms with Gasteiger partial charge in [-0.2, -0.15) is 0 Å². The van der Waals surface area contributed by atoms with Crippen LogP contribution in [0.1, 0.15) is 5.76 Å². The minimum absolute atomic E-state index is 0.283. The first-order valence-electron chi connectivity index (χ1n) is 3.46. The molecule has 1 heterocycles. The van der Waals surface area contributed by atoms with Crippen LogP contribution >= 0.6 is 0 Å². The maximum absolute atomic E-state index is 10.4. The fourth-order valence-electron chi connectivity index (χ4n) is 1.11. The molecular formula is C9H7O2. The van der Waals surface area contributed by atoms with E-state index in [1.54, 1.807) is 6.07 Å². The first-order valence-corrected chi connectivity index (χ1v) is 3.46. The summed E-state index contributed by atoms with van der Waals surface area (Å²) in [5.41, 5.74) is 0.790. The molecule has 0 aliphatic heterocycles. The van der Waals surface area contributed by atoms with E-state index in [1.165, 1.54) is 0 Å². The lowest BCUT2D eigenvalue weighted by Crippen LogP contribution is -1.70. The van der Waals surface area contributed by atoms with Crippen molar-refractivity contribution in [2.75, 3.05) is 0 Å². The molecule has 2 heteroatoms. The van der Waals surface area contributed by atoms with E-state index in [9.17, 15) is 5.11 Å². The van der Waals surface area contributed by atoms with Crippen LogP contribution in [-0.4, -0.2) is 0 Å². The molecular weight excluding hydrogens is 140 g/mol. The molecule has 11 heavy (non-hydrogen) atoms. The molecule has 0 aliphatic rings. The molecule has 0 N–H and O–H groups in total. The number of fused-ring (bicyclic) bond motifs is 1. The molecule has 2 rings (SSSR count). The van der Waals surface area contributed by atoms with Gasteiger partial charge in [-0.1, -0.05) is 18.2 Å².